The number of benzene rings is 3. The molecule has 1 aliphatic heterocycles. The summed E-state index contributed by atoms with van der Waals surface area (Å²) in [6.45, 7) is 0. The third kappa shape index (κ3) is 3.32. The number of hydrogen-bond acceptors (Lipinski definition) is 3. The summed E-state index contributed by atoms with van der Waals surface area (Å²) in [6, 6.07) is 23.8. The molecule has 0 aromatic heterocycles. The molecule has 0 saturated carbocycles. The van der Waals surface area contributed by atoms with Crippen LogP contribution in [0, 0.1) is 0 Å². The predicted molar refractivity (Wildman–Crippen MR) is 112 cm³/mol. The molecule has 0 saturated heterocycles. The minimum atomic E-state index is -1.55. The van der Waals surface area contributed by atoms with Crippen molar-refractivity contribution in [3.05, 3.63) is 100 Å². The number of carbonyl (C=O) groups is 1. The summed E-state index contributed by atoms with van der Waals surface area (Å²) in [5.74, 6) is -0.408. The molecule has 1 N–H and O–H groups in total. The highest BCUT2D eigenvalue weighted by atomic mass is 79.9. The highest BCUT2D eigenvalue weighted by Crippen LogP contribution is 2.40. The van der Waals surface area contributed by atoms with E-state index >= 15 is 0 Å². The van der Waals surface area contributed by atoms with Crippen molar-refractivity contribution in [2.45, 2.75) is 17.0 Å². The van der Waals surface area contributed by atoms with Crippen molar-refractivity contribution in [3.63, 3.8) is 0 Å². The van der Waals surface area contributed by atoms with E-state index in [0.717, 1.165) is 5.56 Å². The fourth-order valence-corrected chi connectivity index (χ4v) is 5.58. The maximum Gasteiger partial charge on any atom is 0.257 e. The number of hydrogen-bond donors (Lipinski definition) is 1. The Hall–Kier alpha value is -2.28. The van der Waals surface area contributed by atoms with E-state index in [1.807, 2.05) is 42.5 Å². The molecule has 0 spiro atoms. The van der Waals surface area contributed by atoms with E-state index in [1.165, 1.54) is 4.90 Å². The molecule has 0 bridgehead atoms. The van der Waals surface area contributed by atoms with E-state index in [1.54, 1.807) is 36.4 Å². The van der Waals surface area contributed by atoms with Gasteiger partial charge in [0.1, 0.15) is 5.88 Å². The molecule has 0 radical (unpaired) electrons. The Labute approximate surface area is 174 Å². The van der Waals surface area contributed by atoms with Gasteiger partial charge < -0.3 is 5.11 Å². The van der Waals surface area contributed by atoms with Crippen LogP contribution in [-0.2, 0) is 22.9 Å². The van der Waals surface area contributed by atoms with Crippen molar-refractivity contribution < 1.29 is 14.1 Å². The summed E-state index contributed by atoms with van der Waals surface area (Å²) < 4.78 is 13.7. The first kappa shape index (κ1) is 19.1. The van der Waals surface area contributed by atoms with E-state index in [9.17, 15) is 14.1 Å². The Balaban J connectivity index is 1.73. The quantitative estimate of drug-likeness (QED) is 0.630. The average Bonchev–Trinajstić information content (AvgIpc) is 2.91. The van der Waals surface area contributed by atoms with Crippen molar-refractivity contribution in [1.82, 2.24) is 4.90 Å². The largest absolute Gasteiger partial charge is 0.366 e. The number of nitrogens with zero attached hydrogens (tertiary/aromatic N) is 1. The van der Waals surface area contributed by atoms with Crippen LogP contribution in [0.1, 0.15) is 21.5 Å². The highest BCUT2D eigenvalue weighted by molar-refractivity contribution is 9.10. The number of halogens is 1. The van der Waals surface area contributed by atoms with E-state index in [-0.39, 0.29) is 18.2 Å². The molecular formula is C22H18BrNO3S. The van der Waals surface area contributed by atoms with Crippen LogP contribution >= 0.6 is 15.9 Å². The zero-order chi connectivity index (χ0) is 19.7. The first-order valence-electron chi connectivity index (χ1n) is 8.81. The molecule has 28 heavy (non-hydrogen) atoms. The molecule has 1 aliphatic rings. The summed E-state index contributed by atoms with van der Waals surface area (Å²) in [6.07, 6.45) is 0.226. The van der Waals surface area contributed by atoms with E-state index in [0.29, 0.717) is 20.5 Å². The van der Waals surface area contributed by atoms with Crippen molar-refractivity contribution in [2.75, 3.05) is 5.88 Å². The van der Waals surface area contributed by atoms with Gasteiger partial charge in [-0.3, -0.25) is 13.9 Å². The molecule has 6 heteroatoms. The van der Waals surface area contributed by atoms with Gasteiger partial charge in [0.15, 0.2) is 5.72 Å². The molecule has 142 valence electrons. The minimum absolute atomic E-state index is 0.0978. The fourth-order valence-electron chi connectivity index (χ4n) is 3.53. The molecule has 3 aromatic carbocycles. The average molecular weight is 456 g/mol. The standard InChI is InChI=1S/C22H18BrNO3S/c23-19-12-6-7-13-20(19)28(27)15-24-21(25)17-10-4-5-11-18(17)22(24,26)14-16-8-2-1-3-9-16/h1-13,26H,14-15H2/t22-,28?/m0/s1. The zero-order valence-electron chi connectivity index (χ0n) is 14.9. The number of fused-ring (bicyclic) bond motifs is 1. The lowest BCUT2D eigenvalue weighted by atomic mass is 9.94. The van der Waals surface area contributed by atoms with Gasteiger partial charge in [-0.2, -0.15) is 0 Å². The van der Waals surface area contributed by atoms with Crippen molar-refractivity contribution >= 4 is 32.6 Å². The lowest BCUT2D eigenvalue weighted by Crippen LogP contribution is -2.47. The van der Waals surface area contributed by atoms with Crippen LogP contribution in [0.2, 0.25) is 0 Å². The van der Waals surface area contributed by atoms with Crippen molar-refractivity contribution in [3.8, 4) is 0 Å². The Morgan fingerprint density at radius 2 is 1.57 bits per heavy atom. The second-order valence-corrected chi connectivity index (χ2v) is 8.91. The van der Waals surface area contributed by atoms with E-state index in [2.05, 4.69) is 15.9 Å². The summed E-state index contributed by atoms with van der Waals surface area (Å²) in [5.41, 5.74) is 0.343. The Morgan fingerprint density at radius 3 is 2.32 bits per heavy atom. The normalized spacial score (nSPS) is 19.5. The molecule has 2 atom stereocenters. The van der Waals surface area contributed by atoms with Crippen LogP contribution < -0.4 is 0 Å². The maximum absolute atomic E-state index is 13.1. The first-order chi connectivity index (χ1) is 13.5. The summed E-state index contributed by atoms with van der Waals surface area (Å²) in [5, 5.41) is 11.7. The molecule has 1 heterocycles. The van der Waals surface area contributed by atoms with Gasteiger partial charge >= 0.3 is 0 Å². The van der Waals surface area contributed by atoms with Crippen LogP contribution in [0.15, 0.2) is 88.2 Å². The van der Waals surface area contributed by atoms with Crippen molar-refractivity contribution in [2.24, 2.45) is 0 Å². The Kier molecular flexibility index (Phi) is 5.19. The second kappa shape index (κ2) is 7.62. The highest BCUT2D eigenvalue weighted by Gasteiger charge is 2.49. The van der Waals surface area contributed by atoms with Gasteiger partial charge in [0, 0.05) is 22.0 Å². The van der Waals surface area contributed by atoms with Gasteiger partial charge in [-0.05, 0) is 39.7 Å². The summed E-state index contributed by atoms with van der Waals surface area (Å²) in [7, 11) is -1.50. The van der Waals surface area contributed by atoms with E-state index in [4.69, 9.17) is 0 Å². The molecule has 0 fully saturated rings. The van der Waals surface area contributed by atoms with Gasteiger partial charge in [-0.1, -0.05) is 60.7 Å². The van der Waals surface area contributed by atoms with Gasteiger partial charge in [-0.15, -0.1) is 0 Å². The second-order valence-electron chi connectivity index (χ2n) is 6.66. The van der Waals surface area contributed by atoms with Crippen LogP contribution in [0.3, 0.4) is 0 Å². The third-order valence-electron chi connectivity index (χ3n) is 4.90. The summed E-state index contributed by atoms with van der Waals surface area (Å²) in [4.78, 5) is 15.0. The number of aliphatic hydroxyl groups is 1. The smallest absolute Gasteiger partial charge is 0.257 e. The summed E-state index contributed by atoms with van der Waals surface area (Å²) >= 11 is 3.41. The molecular weight excluding hydrogens is 438 g/mol. The number of rotatable bonds is 5. The number of amides is 1. The molecule has 0 aliphatic carbocycles. The lowest BCUT2D eigenvalue weighted by molar-refractivity contribution is -0.0751. The van der Waals surface area contributed by atoms with Gasteiger partial charge in [0.25, 0.3) is 5.91 Å². The maximum atomic E-state index is 13.1. The molecule has 4 rings (SSSR count). The molecule has 3 aromatic rings. The first-order valence-corrected chi connectivity index (χ1v) is 10.9. The van der Waals surface area contributed by atoms with Crippen LogP contribution in [0.25, 0.3) is 0 Å². The van der Waals surface area contributed by atoms with Crippen molar-refractivity contribution in [1.29, 1.82) is 0 Å². The number of carbonyl (C=O) groups excluding carboxylic acids is 1. The monoisotopic (exact) mass is 455 g/mol. The predicted octanol–water partition coefficient (Wildman–Crippen LogP) is 4.06. The molecule has 1 unspecified atom stereocenters. The lowest BCUT2D eigenvalue weighted by Gasteiger charge is -2.34. The third-order valence-corrected chi connectivity index (χ3v) is 7.20. The Bertz CT molecular complexity index is 1060. The fraction of sp³-hybridized carbons (Fsp3) is 0.136. The minimum Gasteiger partial charge on any atom is -0.366 e. The topological polar surface area (TPSA) is 57.6 Å². The van der Waals surface area contributed by atoms with Gasteiger partial charge in [0.05, 0.1) is 15.7 Å². The zero-order valence-corrected chi connectivity index (χ0v) is 17.3. The van der Waals surface area contributed by atoms with Gasteiger partial charge in [-0.25, -0.2) is 0 Å². The van der Waals surface area contributed by atoms with Crippen LogP contribution in [0.5, 0.6) is 0 Å². The van der Waals surface area contributed by atoms with Crippen LogP contribution in [-0.4, -0.2) is 26.0 Å². The molecule has 1 amide bonds. The van der Waals surface area contributed by atoms with E-state index < -0.39 is 16.5 Å². The van der Waals surface area contributed by atoms with Gasteiger partial charge in [0.2, 0.25) is 0 Å². The molecule has 4 nitrogen and oxygen atoms in total. The SMILES string of the molecule is O=C1c2ccccc2[C@@](O)(Cc2ccccc2)N1CS(=O)c1ccccc1Br. The Morgan fingerprint density at radius 1 is 0.929 bits per heavy atom. The van der Waals surface area contributed by atoms with Crippen LogP contribution in [0.4, 0.5) is 0 Å².